The van der Waals surface area contributed by atoms with Crippen LogP contribution in [0.3, 0.4) is 0 Å². The van der Waals surface area contributed by atoms with Crippen LogP contribution in [-0.2, 0) is 0 Å². The van der Waals surface area contributed by atoms with Gasteiger partial charge in [-0.05, 0) is 44.0 Å². The lowest BCUT2D eigenvalue weighted by Gasteiger charge is -2.28. The highest BCUT2D eigenvalue weighted by atomic mass is 79.9. The lowest BCUT2D eigenvalue weighted by atomic mass is 10.1. The van der Waals surface area contributed by atoms with Gasteiger partial charge < -0.3 is 15.2 Å². The van der Waals surface area contributed by atoms with Crippen LogP contribution in [0.2, 0.25) is 0 Å². The molecule has 2 aliphatic heterocycles. The van der Waals surface area contributed by atoms with Crippen LogP contribution >= 0.6 is 28.3 Å². The zero-order valence-electron chi connectivity index (χ0n) is 13.0. The number of rotatable bonds is 1. The molecule has 2 aliphatic rings. The molecular formula is C17H19BrClN3O2. The van der Waals surface area contributed by atoms with Crippen LogP contribution in [-0.4, -0.2) is 41.0 Å². The monoisotopic (exact) mass is 411 g/mol. The van der Waals surface area contributed by atoms with E-state index >= 15 is 0 Å². The Morgan fingerprint density at radius 1 is 1.17 bits per heavy atom. The van der Waals surface area contributed by atoms with Crippen LogP contribution in [0.1, 0.15) is 29.6 Å². The largest absolute Gasteiger partial charge is 0.331 e. The highest BCUT2D eigenvalue weighted by Gasteiger charge is 2.38. The number of aromatic nitrogens is 1. The Hall–Kier alpha value is -1.37. The number of pyridine rings is 1. The summed E-state index contributed by atoms with van der Waals surface area (Å²) in [7, 11) is 0. The number of hydrogen-bond donors (Lipinski definition) is 2. The molecule has 0 spiro atoms. The normalized spacial score (nSPS) is 23.0. The summed E-state index contributed by atoms with van der Waals surface area (Å²) in [6.45, 7) is 1.79. The first-order valence-corrected chi connectivity index (χ1v) is 8.79. The van der Waals surface area contributed by atoms with Gasteiger partial charge in [-0.2, -0.15) is 0 Å². The van der Waals surface area contributed by atoms with Gasteiger partial charge in [-0.1, -0.05) is 15.9 Å². The second kappa shape index (κ2) is 6.86. The van der Waals surface area contributed by atoms with E-state index in [1.54, 1.807) is 0 Å². The fraction of sp³-hybridized carbons (Fsp3) is 0.412. The summed E-state index contributed by atoms with van der Waals surface area (Å²) in [5.41, 5.74) is 0.969. The van der Waals surface area contributed by atoms with Crippen molar-refractivity contribution in [2.45, 2.75) is 31.3 Å². The van der Waals surface area contributed by atoms with Crippen LogP contribution in [0.4, 0.5) is 0 Å². The molecule has 0 aliphatic carbocycles. The van der Waals surface area contributed by atoms with Crippen molar-refractivity contribution in [2.24, 2.45) is 0 Å². The van der Waals surface area contributed by atoms with Crippen molar-refractivity contribution in [3.8, 4) is 0 Å². The number of carbonyl (C=O) groups is 1. The number of nitrogens with zero attached hydrogens (tertiary/aromatic N) is 1. The minimum Gasteiger partial charge on any atom is -0.331 e. The number of H-pyrrole nitrogens is 1. The molecule has 2 fully saturated rings. The number of fused-ring (bicyclic) bond motifs is 3. The first-order chi connectivity index (χ1) is 11.1. The lowest BCUT2D eigenvalue weighted by molar-refractivity contribution is 0.0682. The van der Waals surface area contributed by atoms with Gasteiger partial charge in [0.05, 0.1) is 5.56 Å². The van der Waals surface area contributed by atoms with Crippen LogP contribution < -0.4 is 10.9 Å². The Bertz CT molecular complexity index is 824. The minimum absolute atomic E-state index is 0. The Morgan fingerprint density at radius 2 is 1.96 bits per heavy atom. The Labute approximate surface area is 154 Å². The molecule has 1 aromatic heterocycles. The van der Waals surface area contributed by atoms with E-state index in [2.05, 4.69) is 26.2 Å². The van der Waals surface area contributed by atoms with E-state index in [1.165, 1.54) is 6.07 Å². The maximum absolute atomic E-state index is 13.2. The van der Waals surface area contributed by atoms with Crippen molar-refractivity contribution in [3.63, 3.8) is 0 Å². The first-order valence-electron chi connectivity index (χ1n) is 7.99. The van der Waals surface area contributed by atoms with Crippen LogP contribution in [0, 0.1) is 0 Å². The third-order valence-corrected chi connectivity index (χ3v) is 5.42. The van der Waals surface area contributed by atoms with Gasteiger partial charge in [0, 0.05) is 40.1 Å². The molecule has 4 rings (SSSR count). The number of benzene rings is 1. The number of carbonyl (C=O) groups excluding carboxylic acids is 1. The van der Waals surface area contributed by atoms with E-state index in [-0.39, 0.29) is 36.0 Å². The molecule has 2 atom stereocenters. The number of hydrogen-bond acceptors (Lipinski definition) is 3. The van der Waals surface area contributed by atoms with E-state index in [0.29, 0.717) is 11.1 Å². The molecule has 0 saturated carbocycles. The van der Waals surface area contributed by atoms with Crippen molar-refractivity contribution in [2.75, 3.05) is 13.1 Å². The summed E-state index contributed by atoms with van der Waals surface area (Å²) >= 11 is 3.45. The second-order valence-electron chi connectivity index (χ2n) is 6.33. The predicted molar refractivity (Wildman–Crippen MR) is 100.0 cm³/mol. The van der Waals surface area contributed by atoms with Crippen LogP contribution in [0.15, 0.2) is 33.5 Å². The summed E-state index contributed by atoms with van der Waals surface area (Å²) in [5.74, 6) is -0.0181. The maximum Gasteiger partial charge on any atom is 0.255 e. The predicted octanol–water partition coefficient (Wildman–Crippen LogP) is 2.68. The maximum atomic E-state index is 13.2. The average molecular weight is 413 g/mol. The number of halogens is 2. The fourth-order valence-corrected chi connectivity index (χ4v) is 4.22. The van der Waals surface area contributed by atoms with E-state index in [9.17, 15) is 9.59 Å². The summed E-state index contributed by atoms with van der Waals surface area (Å²) < 4.78 is 0.895. The molecular weight excluding hydrogens is 394 g/mol. The van der Waals surface area contributed by atoms with Crippen molar-refractivity contribution in [1.29, 1.82) is 0 Å². The SMILES string of the molecule is Cl.O=C(c1cc(=O)[nH]c2ccc(Br)cc12)N1C2CCNCC1CC2. The summed E-state index contributed by atoms with van der Waals surface area (Å²) in [6.07, 6.45) is 3.07. The fourth-order valence-electron chi connectivity index (χ4n) is 3.86. The number of aromatic amines is 1. The zero-order chi connectivity index (χ0) is 16.0. The number of amides is 1. The smallest absolute Gasteiger partial charge is 0.255 e. The third kappa shape index (κ3) is 2.98. The molecule has 1 amide bonds. The van der Waals surface area contributed by atoms with Crippen LogP contribution in [0.5, 0.6) is 0 Å². The van der Waals surface area contributed by atoms with Gasteiger partial charge in [0.2, 0.25) is 5.56 Å². The highest BCUT2D eigenvalue weighted by Crippen LogP contribution is 2.31. The van der Waals surface area contributed by atoms with Gasteiger partial charge in [-0.3, -0.25) is 9.59 Å². The molecule has 2 aromatic rings. The molecule has 2 N–H and O–H groups in total. The Kier molecular flexibility index (Phi) is 4.99. The quantitative estimate of drug-likeness (QED) is 0.757. The minimum atomic E-state index is -0.233. The molecule has 7 heteroatoms. The summed E-state index contributed by atoms with van der Waals surface area (Å²) in [4.78, 5) is 30.0. The zero-order valence-corrected chi connectivity index (χ0v) is 15.5. The van der Waals surface area contributed by atoms with Crippen LogP contribution in [0.25, 0.3) is 10.9 Å². The van der Waals surface area contributed by atoms with Gasteiger partial charge in [0.1, 0.15) is 0 Å². The Morgan fingerprint density at radius 3 is 2.79 bits per heavy atom. The first kappa shape index (κ1) is 17.5. The van der Waals surface area contributed by atoms with E-state index < -0.39 is 0 Å². The Balaban J connectivity index is 0.00000169. The third-order valence-electron chi connectivity index (χ3n) is 4.92. The van der Waals surface area contributed by atoms with Gasteiger partial charge in [-0.25, -0.2) is 0 Å². The molecule has 24 heavy (non-hydrogen) atoms. The molecule has 5 nitrogen and oxygen atoms in total. The summed E-state index contributed by atoms with van der Waals surface area (Å²) in [6, 6.07) is 7.55. The van der Waals surface area contributed by atoms with E-state index in [1.807, 2.05) is 23.1 Å². The summed E-state index contributed by atoms with van der Waals surface area (Å²) in [5, 5.41) is 4.20. The van der Waals surface area contributed by atoms with E-state index in [0.717, 1.165) is 42.2 Å². The molecule has 3 heterocycles. The van der Waals surface area contributed by atoms with Gasteiger partial charge >= 0.3 is 0 Å². The molecule has 1 aromatic carbocycles. The average Bonchev–Trinajstić information content (AvgIpc) is 2.79. The molecule has 2 bridgehead atoms. The van der Waals surface area contributed by atoms with E-state index in [4.69, 9.17) is 0 Å². The molecule has 128 valence electrons. The van der Waals surface area contributed by atoms with Crippen molar-refractivity contribution < 1.29 is 4.79 Å². The second-order valence-corrected chi connectivity index (χ2v) is 7.24. The van der Waals surface area contributed by atoms with Gasteiger partial charge in [0.15, 0.2) is 0 Å². The standard InChI is InChI=1S/C17H18BrN3O2.ClH/c18-10-1-4-15-13(7-10)14(8-16(22)20-15)17(23)21-11-2-3-12(21)9-19-6-5-11;/h1,4,7-8,11-12,19H,2-3,5-6,9H2,(H,20,22);1H. The van der Waals surface area contributed by atoms with Crippen molar-refractivity contribution in [3.05, 3.63) is 44.7 Å². The molecule has 2 saturated heterocycles. The highest BCUT2D eigenvalue weighted by molar-refractivity contribution is 9.10. The van der Waals surface area contributed by atoms with Crippen molar-refractivity contribution >= 4 is 45.1 Å². The lowest BCUT2D eigenvalue weighted by Crippen LogP contribution is -2.42. The molecule has 0 radical (unpaired) electrons. The van der Waals surface area contributed by atoms with Gasteiger partial charge in [0.25, 0.3) is 5.91 Å². The van der Waals surface area contributed by atoms with Gasteiger partial charge in [-0.15, -0.1) is 12.4 Å². The topological polar surface area (TPSA) is 65.2 Å². The number of nitrogens with one attached hydrogen (secondary N) is 2. The van der Waals surface area contributed by atoms with Crippen molar-refractivity contribution in [1.82, 2.24) is 15.2 Å². The molecule has 2 unspecified atom stereocenters.